The summed E-state index contributed by atoms with van der Waals surface area (Å²) in [7, 11) is 4.38. The molecule has 0 unspecified atom stereocenters. The molecule has 3 nitrogen and oxygen atoms in total. The summed E-state index contributed by atoms with van der Waals surface area (Å²) in [4.78, 5) is 13.0. The van der Waals surface area contributed by atoms with Gasteiger partial charge in [-0.2, -0.15) is 13.2 Å². The van der Waals surface area contributed by atoms with Crippen molar-refractivity contribution in [3.8, 4) is 0 Å². The zero-order valence-corrected chi connectivity index (χ0v) is 11.5. The lowest BCUT2D eigenvalue weighted by atomic mass is 10.1. The van der Waals surface area contributed by atoms with Crippen LogP contribution >= 0.6 is 15.9 Å². The maximum atomic E-state index is 12.7. The molecule has 7 heteroatoms. The molecule has 0 spiro atoms. The monoisotopic (exact) mass is 325 g/mol. The van der Waals surface area contributed by atoms with Gasteiger partial charge in [0.25, 0.3) is 0 Å². The summed E-state index contributed by atoms with van der Waals surface area (Å²) in [5.41, 5.74) is -0.687. The zero-order valence-electron chi connectivity index (χ0n) is 9.93. The van der Waals surface area contributed by atoms with E-state index < -0.39 is 17.7 Å². The van der Waals surface area contributed by atoms with Gasteiger partial charge in [0, 0.05) is 18.6 Å². The average molecular weight is 326 g/mol. The number of nitrogens with zero attached hydrogens (tertiary/aromatic N) is 1. The molecule has 0 saturated heterocycles. The highest BCUT2D eigenvalue weighted by Crippen LogP contribution is 2.38. The van der Waals surface area contributed by atoms with Gasteiger partial charge >= 0.3 is 12.1 Å². The predicted molar refractivity (Wildman–Crippen MR) is 64.8 cm³/mol. The predicted octanol–water partition coefficient (Wildman–Crippen LogP) is 3.32. The maximum absolute atomic E-state index is 12.7. The van der Waals surface area contributed by atoms with E-state index in [1.54, 1.807) is 14.1 Å². The van der Waals surface area contributed by atoms with E-state index in [2.05, 4.69) is 20.7 Å². The standard InChI is InChI=1S/C11H11BrF3NO2/c1-16(2)9-5-8(12)7(11(13,14)15)4-6(9)10(17)18-3/h4-5H,1-3H3. The number of methoxy groups -OCH3 is 1. The van der Waals surface area contributed by atoms with E-state index in [9.17, 15) is 18.0 Å². The minimum absolute atomic E-state index is 0.119. The number of esters is 1. The molecule has 0 bridgehead atoms. The molecule has 100 valence electrons. The highest BCUT2D eigenvalue weighted by atomic mass is 79.9. The largest absolute Gasteiger partial charge is 0.465 e. The second kappa shape index (κ2) is 5.17. The quantitative estimate of drug-likeness (QED) is 0.781. The molecule has 0 aliphatic rings. The Balaban J connectivity index is 3.50. The molecule has 0 radical (unpaired) electrons. The van der Waals surface area contributed by atoms with E-state index in [0.29, 0.717) is 5.69 Å². The van der Waals surface area contributed by atoms with Crippen LogP contribution in [0.1, 0.15) is 15.9 Å². The lowest BCUT2D eigenvalue weighted by molar-refractivity contribution is -0.138. The molecule has 0 saturated carbocycles. The van der Waals surface area contributed by atoms with Crippen LogP contribution in [0.5, 0.6) is 0 Å². The van der Waals surface area contributed by atoms with Crippen molar-refractivity contribution in [2.75, 3.05) is 26.1 Å². The topological polar surface area (TPSA) is 29.5 Å². The number of hydrogen-bond donors (Lipinski definition) is 0. The fraction of sp³-hybridized carbons (Fsp3) is 0.364. The van der Waals surface area contributed by atoms with Crippen LogP contribution in [-0.4, -0.2) is 27.2 Å². The van der Waals surface area contributed by atoms with E-state index in [-0.39, 0.29) is 10.0 Å². The lowest BCUT2D eigenvalue weighted by Crippen LogP contribution is -2.17. The Hall–Kier alpha value is -1.24. The molecule has 0 atom stereocenters. The summed E-state index contributed by atoms with van der Waals surface area (Å²) >= 11 is 2.86. The first kappa shape index (κ1) is 14.8. The summed E-state index contributed by atoms with van der Waals surface area (Å²) in [6.45, 7) is 0. The van der Waals surface area contributed by atoms with E-state index in [1.807, 2.05) is 0 Å². The van der Waals surface area contributed by atoms with Crippen LogP contribution in [0.25, 0.3) is 0 Å². The van der Waals surface area contributed by atoms with Crippen LogP contribution in [-0.2, 0) is 10.9 Å². The van der Waals surface area contributed by atoms with Gasteiger partial charge in [-0.15, -0.1) is 0 Å². The van der Waals surface area contributed by atoms with Crippen LogP contribution in [0.3, 0.4) is 0 Å². The first-order valence-electron chi connectivity index (χ1n) is 4.85. The summed E-state index contributed by atoms with van der Waals surface area (Å²) < 4.78 is 42.6. The first-order chi connectivity index (χ1) is 8.18. The number of carbonyl (C=O) groups is 1. The first-order valence-corrected chi connectivity index (χ1v) is 5.64. The molecule has 0 amide bonds. The molecular weight excluding hydrogens is 315 g/mol. The molecule has 0 aliphatic heterocycles. The van der Waals surface area contributed by atoms with Gasteiger partial charge < -0.3 is 9.64 Å². The number of carbonyl (C=O) groups excluding carboxylic acids is 1. The van der Waals surface area contributed by atoms with E-state index in [1.165, 1.54) is 11.0 Å². The molecule has 0 N–H and O–H groups in total. The Bertz CT molecular complexity index is 472. The third-order valence-corrected chi connectivity index (χ3v) is 2.93. The Morgan fingerprint density at radius 3 is 2.28 bits per heavy atom. The van der Waals surface area contributed by atoms with Crippen molar-refractivity contribution in [3.63, 3.8) is 0 Å². The van der Waals surface area contributed by atoms with Crippen LogP contribution in [0, 0.1) is 0 Å². The Kier molecular flexibility index (Phi) is 4.26. The summed E-state index contributed by atoms with van der Waals surface area (Å²) in [5.74, 6) is -0.809. The van der Waals surface area contributed by atoms with Crippen molar-refractivity contribution in [2.45, 2.75) is 6.18 Å². The molecule has 1 rings (SSSR count). The van der Waals surface area contributed by atoms with Crippen molar-refractivity contribution >= 4 is 27.6 Å². The van der Waals surface area contributed by atoms with E-state index in [4.69, 9.17) is 0 Å². The lowest BCUT2D eigenvalue weighted by Gasteiger charge is -2.19. The fourth-order valence-electron chi connectivity index (χ4n) is 1.42. The number of halogens is 4. The van der Waals surface area contributed by atoms with Gasteiger partial charge in [0.15, 0.2) is 0 Å². The molecule has 1 aromatic rings. The molecule has 0 aromatic heterocycles. The van der Waals surface area contributed by atoms with Gasteiger partial charge in [0.05, 0.1) is 23.9 Å². The summed E-state index contributed by atoms with van der Waals surface area (Å²) in [6.07, 6.45) is -4.54. The van der Waals surface area contributed by atoms with Crippen LogP contribution in [0.15, 0.2) is 16.6 Å². The number of benzene rings is 1. The van der Waals surface area contributed by atoms with Gasteiger partial charge in [-0.1, -0.05) is 15.9 Å². The molecule has 18 heavy (non-hydrogen) atoms. The van der Waals surface area contributed by atoms with E-state index >= 15 is 0 Å². The molecule has 0 aliphatic carbocycles. The van der Waals surface area contributed by atoms with Crippen LogP contribution in [0.4, 0.5) is 18.9 Å². The number of anilines is 1. The van der Waals surface area contributed by atoms with E-state index in [0.717, 1.165) is 13.2 Å². The van der Waals surface area contributed by atoms with Gasteiger partial charge in [-0.05, 0) is 12.1 Å². The Morgan fingerprint density at radius 2 is 1.89 bits per heavy atom. The maximum Gasteiger partial charge on any atom is 0.417 e. The molecular formula is C11H11BrF3NO2. The van der Waals surface area contributed by atoms with Crippen molar-refractivity contribution in [3.05, 3.63) is 27.7 Å². The highest BCUT2D eigenvalue weighted by Gasteiger charge is 2.35. The molecule has 0 heterocycles. The van der Waals surface area contributed by atoms with Gasteiger partial charge in [-0.3, -0.25) is 0 Å². The average Bonchev–Trinajstić information content (AvgIpc) is 2.25. The number of ether oxygens (including phenoxy) is 1. The smallest absolute Gasteiger partial charge is 0.417 e. The zero-order chi connectivity index (χ0) is 14.1. The minimum atomic E-state index is -4.54. The van der Waals surface area contributed by atoms with Gasteiger partial charge in [0.1, 0.15) is 0 Å². The summed E-state index contributed by atoms with van der Waals surface area (Å²) in [6, 6.07) is 2.03. The molecule has 0 fully saturated rings. The van der Waals surface area contributed by atoms with Crippen molar-refractivity contribution in [1.29, 1.82) is 0 Å². The van der Waals surface area contributed by atoms with Crippen molar-refractivity contribution < 1.29 is 22.7 Å². The number of rotatable bonds is 2. The second-order valence-corrected chi connectivity index (χ2v) is 4.59. The molecule has 1 aromatic carbocycles. The number of hydrogen-bond acceptors (Lipinski definition) is 3. The van der Waals surface area contributed by atoms with Crippen LogP contribution in [0.2, 0.25) is 0 Å². The van der Waals surface area contributed by atoms with Crippen LogP contribution < -0.4 is 4.90 Å². The van der Waals surface area contributed by atoms with Gasteiger partial charge in [0.2, 0.25) is 0 Å². The second-order valence-electron chi connectivity index (χ2n) is 3.73. The van der Waals surface area contributed by atoms with Gasteiger partial charge in [-0.25, -0.2) is 4.79 Å². The Labute approximate surface area is 111 Å². The van der Waals surface area contributed by atoms with Crippen molar-refractivity contribution in [1.82, 2.24) is 0 Å². The SMILES string of the molecule is COC(=O)c1cc(C(F)(F)F)c(Br)cc1N(C)C. The third-order valence-electron chi connectivity index (χ3n) is 2.28. The third kappa shape index (κ3) is 2.95. The Morgan fingerprint density at radius 1 is 1.33 bits per heavy atom. The normalized spacial score (nSPS) is 11.3. The van der Waals surface area contributed by atoms with Crippen molar-refractivity contribution in [2.24, 2.45) is 0 Å². The summed E-state index contributed by atoms with van der Waals surface area (Å²) in [5, 5.41) is 0. The number of alkyl halides is 3. The minimum Gasteiger partial charge on any atom is -0.465 e. The fourth-order valence-corrected chi connectivity index (χ4v) is 1.98. The highest BCUT2D eigenvalue weighted by molar-refractivity contribution is 9.10.